The SMILES string of the molecule is Cc1cc([N+](=O)[O-])ccc1Oc1cccc(Cl)n1. The van der Waals surface area contributed by atoms with Crippen molar-refractivity contribution >= 4 is 17.3 Å². The summed E-state index contributed by atoms with van der Waals surface area (Å²) in [6.07, 6.45) is 0. The molecule has 0 spiro atoms. The highest BCUT2D eigenvalue weighted by Crippen LogP contribution is 2.27. The van der Waals surface area contributed by atoms with Gasteiger partial charge in [-0.2, -0.15) is 0 Å². The predicted octanol–water partition coefficient (Wildman–Crippen LogP) is 3.74. The minimum absolute atomic E-state index is 0.0268. The van der Waals surface area contributed by atoms with E-state index < -0.39 is 4.92 Å². The molecule has 0 bridgehead atoms. The molecule has 0 saturated carbocycles. The lowest BCUT2D eigenvalue weighted by Crippen LogP contribution is -1.93. The normalized spacial score (nSPS) is 10.1. The van der Waals surface area contributed by atoms with Gasteiger partial charge in [-0.05, 0) is 24.6 Å². The summed E-state index contributed by atoms with van der Waals surface area (Å²) in [5.74, 6) is 0.856. The Morgan fingerprint density at radius 3 is 2.72 bits per heavy atom. The Bertz CT molecular complexity index is 602. The van der Waals surface area contributed by atoms with E-state index in [-0.39, 0.29) is 5.69 Å². The number of benzene rings is 1. The zero-order valence-corrected chi connectivity index (χ0v) is 10.2. The zero-order chi connectivity index (χ0) is 13.1. The number of aryl methyl sites for hydroxylation is 1. The molecule has 1 aromatic heterocycles. The molecule has 5 nitrogen and oxygen atoms in total. The summed E-state index contributed by atoms with van der Waals surface area (Å²) in [6, 6.07) is 9.37. The third-order valence-corrected chi connectivity index (χ3v) is 2.48. The van der Waals surface area contributed by atoms with Gasteiger partial charge in [-0.1, -0.05) is 17.7 Å². The number of hydrogen-bond acceptors (Lipinski definition) is 4. The molecule has 0 aliphatic rings. The summed E-state index contributed by atoms with van der Waals surface area (Å²) in [6.45, 7) is 1.73. The molecule has 6 heteroatoms. The molecule has 92 valence electrons. The summed E-state index contributed by atoms with van der Waals surface area (Å²) < 4.78 is 5.51. The third kappa shape index (κ3) is 2.75. The highest BCUT2D eigenvalue weighted by atomic mass is 35.5. The lowest BCUT2D eigenvalue weighted by atomic mass is 10.2. The number of non-ortho nitro benzene ring substituents is 1. The Morgan fingerprint density at radius 1 is 1.33 bits per heavy atom. The van der Waals surface area contributed by atoms with E-state index in [0.717, 1.165) is 0 Å². The van der Waals surface area contributed by atoms with Crippen molar-refractivity contribution in [2.24, 2.45) is 0 Å². The van der Waals surface area contributed by atoms with Crippen molar-refractivity contribution in [1.82, 2.24) is 4.98 Å². The summed E-state index contributed by atoms with van der Waals surface area (Å²) in [7, 11) is 0. The number of ether oxygens (including phenoxy) is 1. The number of nitro groups is 1. The van der Waals surface area contributed by atoms with Gasteiger partial charge in [0, 0.05) is 18.2 Å². The van der Waals surface area contributed by atoms with Gasteiger partial charge in [0.25, 0.3) is 5.69 Å². The van der Waals surface area contributed by atoms with Crippen molar-refractivity contribution in [1.29, 1.82) is 0 Å². The molecule has 0 saturated heterocycles. The lowest BCUT2D eigenvalue weighted by molar-refractivity contribution is -0.384. The Balaban J connectivity index is 2.27. The fourth-order valence-corrected chi connectivity index (χ4v) is 1.58. The standard InChI is InChI=1S/C12H9ClN2O3/c1-8-7-9(15(16)17)5-6-10(8)18-12-4-2-3-11(13)14-12/h2-7H,1H3. The molecule has 0 fully saturated rings. The van der Waals surface area contributed by atoms with Gasteiger partial charge < -0.3 is 4.74 Å². The molecule has 0 N–H and O–H groups in total. The van der Waals surface area contributed by atoms with E-state index in [0.29, 0.717) is 22.3 Å². The van der Waals surface area contributed by atoms with Crippen LogP contribution in [0.5, 0.6) is 11.6 Å². The fourth-order valence-electron chi connectivity index (χ4n) is 1.42. The maximum atomic E-state index is 10.6. The molecule has 2 rings (SSSR count). The molecule has 1 aromatic carbocycles. The van der Waals surface area contributed by atoms with Crippen LogP contribution in [0.1, 0.15) is 5.56 Å². The second-order valence-electron chi connectivity index (χ2n) is 3.61. The van der Waals surface area contributed by atoms with Crippen LogP contribution >= 0.6 is 11.6 Å². The lowest BCUT2D eigenvalue weighted by Gasteiger charge is -2.07. The Hall–Kier alpha value is -2.14. The minimum Gasteiger partial charge on any atom is -0.439 e. The Kier molecular flexibility index (Phi) is 3.43. The van der Waals surface area contributed by atoms with Gasteiger partial charge in [-0.3, -0.25) is 10.1 Å². The van der Waals surface area contributed by atoms with Crippen molar-refractivity contribution in [2.75, 3.05) is 0 Å². The van der Waals surface area contributed by atoms with Crippen LogP contribution in [-0.2, 0) is 0 Å². The average Bonchev–Trinajstić information content (AvgIpc) is 2.31. The number of rotatable bonds is 3. The molecular weight excluding hydrogens is 256 g/mol. The van der Waals surface area contributed by atoms with Crippen LogP contribution in [0.4, 0.5) is 5.69 Å². The summed E-state index contributed by atoms with van der Waals surface area (Å²) in [4.78, 5) is 14.1. The Labute approximate surface area is 108 Å². The van der Waals surface area contributed by atoms with Gasteiger partial charge >= 0.3 is 0 Å². The number of nitrogens with zero attached hydrogens (tertiary/aromatic N) is 2. The van der Waals surface area contributed by atoms with E-state index in [4.69, 9.17) is 16.3 Å². The molecule has 2 aromatic rings. The molecule has 0 amide bonds. The first-order valence-electron chi connectivity index (χ1n) is 5.12. The van der Waals surface area contributed by atoms with E-state index in [1.54, 1.807) is 25.1 Å². The van der Waals surface area contributed by atoms with Crippen LogP contribution in [-0.4, -0.2) is 9.91 Å². The van der Waals surface area contributed by atoms with Gasteiger partial charge in [0.1, 0.15) is 10.9 Å². The van der Waals surface area contributed by atoms with E-state index in [9.17, 15) is 10.1 Å². The van der Waals surface area contributed by atoms with Crippen molar-refractivity contribution in [2.45, 2.75) is 6.92 Å². The number of hydrogen-bond donors (Lipinski definition) is 0. The number of halogens is 1. The highest BCUT2D eigenvalue weighted by molar-refractivity contribution is 6.29. The maximum absolute atomic E-state index is 10.6. The monoisotopic (exact) mass is 264 g/mol. The largest absolute Gasteiger partial charge is 0.439 e. The molecule has 0 aliphatic carbocycles. The van der Waals surface area contributed by atoms with Crippen molar-refractivity contribution < 1.29 is 9.66 Å². The quantitative estimate of drug-likeness (QED) is 0.481. The highest BCUT2D eigenvalue weighted by Gasteiger charge is 2.09. The zero-order valence-electron chi connectivity index (χ0n) is 9.46. The molecule has 0 atom stereocenters. The number of aromatic nitrogens is 1. The first-order valence-corrected chi connectivity index (χ1v) is 5.49. The van der Waals surface area contributed by atoms with Gasteiger partial charge in [-0.25, -0.2) is 4.98 Å². The van der Waals surface area contributed by atoms with Crippen molar-refractivity contribution in [3.8, 4) is 11.6 Å². The average molecular weight is 265 g/mol. The van der Waals surface area contributed by atoms with Crippen LogP contribution in [0.15, 0.2) is 36.4 Å². The van der Waals surface area contributed by atoms with Crippen LogP contribution in [0.25, 0.3) is 0 Å². The number of pyridine rings is 1. The van der Waals surface area contributed by atoms with Crippen LogP contribution in [0.2, 0.25) is 5.15 Å². The molecule has 18 heavy (non-hydrogen) atoms. The molecule has 0 unspecified atom stereocenters. The predicted molar refractivity (Wildman–Crippen MR) is 67.2 cm³/mol. The van der Waals surface area contributed by atoms with Gasteiger partial charge in [0.2, 0.25) is 5.88 Å². The molecule has 0 radical (unpaired) electrons. The van der Waals surface area contributed by atoms with Gasteiger partial charge in [0.15, 0.2) is 0 Å². The summed E-state index contributed by atoms with van der Waals surface area (Å²) in [5.41, 5.74) is 0.685. The second-order valence-corrected chi connectivity index (χ2v) is 3.99. The first-order chi connectivity index (χ1) is 8.56. The number of nitro benzene ring substituents is 1. The van der Waals surface area contributed by atoms with Gasteiger partial charge in [0.05, 0.1) is 4.92 Å². The van der Waals surface area contributed by atoms with Crippen molar-refractivity contribution in [3.05, 3.63) is 57.2 Å². The van der Waals surface area contributed by atoms with E-state index >= 15 is 0 Å². The second kappa shape index (κ2) is 5.01. The van der Waals surface area contributed by atoms with Crippen LogP contribution in [0.3, 0.4) is 0 Å². The summed E-state index contributed by atoms with van der Waals surface area (Å²) >= 11 is 5.74. The summed E-state index contributed by atoms with van der Waals surface area (Å²) in [5, 5.41) is 10.9. The minimum atomic E-state index is -0.450. The van der Waals surface area contributed by atoms with Crippen LogP contribution in [0, 0.1) is 17.0 Å². The Morgan fingerprint density at radius 2 is 2.11 bits per heavy atom. The maximum Gasteiger partial charge on any atom is 0.269 e. The van der Waals surface area contributed by atoms with E-state index in [1.165, 1.54) is 18.2 Å². The van der Waals surface area contributed by atoms with Gasteiger partial charge in [-0.15, -0.1) is 0 Å². The smallest absolute Gasteiger partial charge is 0.269 e. The molecular formula is C12H9ClN2O3. The fraction of sp³-hybridized carbons (Fsp3) is 0.0833. The van der Waals surface area contributed by atoms with E-state index in [2.05, 4.69) is 4.98 Å². The topological polar surface area (TPSA) is 65.3 Å². The molecule has 1 heterocycles. The third-order valence-electron chi connectivity index (χ3n) is 2.27. The first kappa shape index (κ1) is 12.3. The molecule has 0 aliphatic heterocycles. The van der Waals surface area contributed by atoms with Crippen molar-refractivity contribution in [3.63, 3.8) is 0 Å². The van der Waals surface area contributed by atoms with E-state index in [1.807, 2.05) is 0 Å². The van der Waals surface area contributed by atoms with Crippen LogP contribution < -0.4 is 4.74 Å².